The fourth-order valence-electron chi connectivity index (χ4n) is 1.66. The Morgan fingerprint density at radius 3 is 2.83 bits per heavy atom. The number of carbonyl (C=O) groups is 1. The van der Waals surface area contributed by atoms with E-state index in [1.165, 1.54) is 0 Å². The number of aromatic nitrogens is 2. The van der Waals surface area contributed by atoms with Crippen molar-refractivity contribution in [3.8, 4) is 0 Å². The van der Waals surface area contributed by atoms with E-state index in [0.29, 0.717) is 13.0 Å². The number of nitrogens with zero attached hydrogens (tertiary/aromatic N) is 2. The van der Waals surface area contributed by atoms with Crippen molar-refractivity contribution in [1.82, 2.24) is 20.4 Å². The lowest BCUT2D eigenvalue weighted by molar-refractivity contribution is 0.227. The van der Waals surface area contributed by atoms with Crippen LogP contribution >= 0.6 is 0 Å². The maximum absolute atomic E-state index is 11.6. The molecule has 0 aliphatic carbocycles. The van der Waals surface area contributed by atoms with E-state index >= 15 is 0 Å². The second kappa shape index (κ2) is 7.00. The van der Waals surface area contributed by atoms with Gasteiger partial charge in [-0.15, -0.1) is 0 Å². The second-order valence-electron chi connectivity index (χ2n) is 4.32. The topological polar surface area (TPSA) is 79.2 Å². The standard InChI is InChI=1S/C12H22N4O2/c1-4-11(5-6-17)15-12(18)13-7-10-8-14-16(3)9(10)2/h8,11,17H,4-7H2,1-3H3,(H2,13,15,18). The molecule has 0 aliphatic heterocycles. The summed E-state index contributed by atoms with van der Waals surface area (Å²) in [7, 11) is 1.87. The minimum Gasteiger partial charge on any atom is -0.396 e. The highest BCUT2D eigenvalue weighted by Crippen LogP contribution is 2.04. The number of hydrogen-bond acceptors (Lipinski definition) is 3. The first-order valence-corrected chi connectivity index (χ1v) is 6.21. The molecule has 0 aliphatic rings. The normalized spacial score (nSPS) is 12.2. The van der Waals surface area contributed by atoms with Gasteiger partial charge in [-0.1, -0.05) is 6.92 Å². The summed E-state index contributed by atoms with van der Waals surface area (Å²) in [6, 6.07) is -0.191. The van der Waals surface area contributed by atoms with Crippen molar-refractivity contribution in [3.63, 3.8) is 0 Å². The Bertz CT molecular complexity index is 389. The molecule has 6 nitrogen and oxygen atoms in total. The number of urea groups is 1. The van der Waals surface area contributed by atoms with Gasteiger partial charge >= 0.3 is 6.03 Å². The molecule has 0 radical (unpaired) electrons. The maximum Gasteiger partial charge on any atom is 0.315 e. The highest BCUT2D eigenvalue weighted by Gasteiger charge is 2.10. The van der Waals surface area contributed by atoms with E-state index in [-0.39, 0.29) is 18.7 Å². The maximum atomic E-state index is 11.6. The Morgan fingerprint density at radius 2 is 2.33 bits per heavy atom. The monoisotopic (exact) mass is 254 g/mol. The van der Waals surface area contributed by atoms with Crippen molar-refractivity contribution >= 4 is 6.03 Å². The number of amides is 2. The van der Waals surface area contributed by atoms with E-state index in [1.807, 2.05) is 20.9 Å². The average Bonchev–Trinajstić information content (AvgIpc) is 2.67. The molecule has 1 heterocycles. The van der Waals surface area contributed by atoms with Gasteiger partial charge in [0.2, 0.25) is 0 Å². The molecule has 0 spiro atoms. The number of aliphatic hydroxyl groups excluding tert-OH is 1. The van der Waals surface area contributed by atoms with Gasteiger partial charge in [-0.3, -0.25) is 4.68 Å². The first-order valence-electron chi connectivity index (χ1n) is 6.21. The van der Waals surface area contributed by atoms with Crippen LogP contribution in [0.3, 0.4) is 0 Å². The fourth-order valence-corrected chi connectivity index (χ4v) is 1.66. The van der Waals surface area contributed by atoms with Crippen LogP contribution in [0.15, 0.2) is 6.20 Å². The summed E-state index contributed by atoms with van der Waals surface area (Å²) in [5.41, 5.74) is 2.04. The van der Waals surface area contributed by atoms with Gasteiger partial charge in [0.05, 0.1) is 6.20 Å². The quantitative estimate of drug-likeness (QED) is 0.699. The SMILES string of the molecule is CCC(CCO)NC(=O)NCc1cnn(C)c1C. The van der Waals surface area contributed by atoms with E-state index in [1.54, 1.807) is 10.9 Å². The molecule has 1 aromatic heterocycles. The van der Waals surface area contributed by atoms with Gasteiger partial charge in [0, 0.05) is 37.5 Å². The van der Waals surface area contributed by atoms with Crippen LogP contribution in [-0.4, -0.2) is 33.6 Å². The number of aliphatic hydroxyl groups is 1. The average molecular weight is 254 g/mol. The van der Waals surface area contributed by atoms with Crippen molar-refractivity contribution in [1.29, 1.82) is 0 Å². The van der Waals surface area contributed by atoms with Crippen LogP contribution in [0.5, 0.6) is 0 Å². The number of aryl methyl sites for hydroxylation is 1. The van der Waals surface area contributed by atoms with Crippen molar-refractivity contribution in [3.05, 3.63) is 17.5 Å². The van der Waals surface area contributed by atoms with E-state index in [4.69, 9.17) is 5.11 Å². The van der Waals surface area contributed by atoms with Crippen molar-refractivity contribution in [2.45, 2.75) is 39.3 Å². The van der Waals surface area contributed by atoms with Gasteiger partial charge in [0.1, 0.15) is 0 Å². The molecule has 1 atom stereocenters. The zero-order chi connectivity index (χ0) is 13.5. The third-order valence-electron chi connectivity index (χ3n) is 3.08. The van der Waals surface area contributed by atoms with Gasteiger partial charge in [0.25, 0.3) is 0 Å². The summed E-state index contributed by atoms with van der Waals surface area (Å²) in [5, 5.41) is 18.6. The third kappa shape index (κ3) is 4.03. The van der Waals surface area contributed by atoms with Gasteiger partial charge in [-0.25, -0.2) is 4.79 Å². The molecule has 1 unspecified atom stereocenters. The Morgan fingerprint density at radius 1 is 1.61 bits per heavy atom. The van der Waals surface area contributed by atoms with Crippen molar-refractivity contribution in [2.75, 3.05) is 6.61 Å². The molecule has 0 fully saturated rings. The second-order valence-corrected chi connectivity index (χ2v) is 4.32. The van der Waals surface area contributed by atoms with Crippen LogP contribution in [0, 0.1) is 6.92 Å². The van der Waals surface area contributed by atoms with Gasteiger partial charge in [-0.2, -0.15) is 5.10 Å². The number of carbonyl (C=O) groups excluding carboxylic acids is 1. The molecular formula is C12H22N4O2. The summed E-state index contributed by atoms with van der Waals surface area (Å²) in [6.07, 6.45) is 3.14. The van der Waals surface area contributed by atoms with Gasteiger partial charge in [-0.05, 0) is 19.8 Å². The molecule has 6 heteroatoms. The highest BCUT2D eigenvalue weighted by atomic mass is 16.3. The Balaban J connectivity index is 2.39. The molecular weight excluding hydrogens is 232 g/mol. The summed E-state index contributed by atoms with van der Waals surface area (Å²) < 4.78 is 1.77. The zero-order valence-electron chi connectivity index (χ0n) is 11.2. The molecule has 102 valence electrons. The first kappa shape index (κ1) is 14.5. The minimum atomic E-state index is -0.210. The number of hydrogen-bond donors (Lipinski definition) is 3. The molecule has 1 rings (SSSR count). The minimum absolute atomic E-state index is 0.0185. The lowest BCUT2D eigenvalue weighted by Crippen LogP contribution is -2.42. The number of rotatable bonds is 6. The third-order valence-corrected chi connectivity index (χ3v) is 3.08. The van der Waals surface area contributed by atoms with Crippen molar-refractivity contribution < 1.29 is 9.90 Å². The fraction of sp³-hybridized carbons (Fsp3) is 0.667. The van der Waals surface area contributed by atoms with E-state index in [9.17, 15) is 4.79 Å². The lowest BCUT2D eigenvalue weighted by atomic mass is 10.2. The van der Waals surface area contributed by atoms with Crippen LogP contribution in [0.4, 0.5) is 4.79 Å². The summed E-state index contributed by atoms with van der Waals surface area (Å²) in [4.78, 5) is 11.6. The molecule has 0 saturated heterocycles. The predicted molar refractivity (Wildman–Crippen MR) is 69.1 cm³/mol. The van der Waals surface area contributed by atoms with E-state index < -0.39 is 0 Å². The van der Waals surface area contributed by atoms with E-state index in [0.717, 1.165) is 17.7 Å². The molecule has 3 N–H and O–H groups in total. The highest BCUT2D eigenvalue weighted by molar-refractivity contribution is 5.74. The molecule has 18 heavy (non-hydrogen) atoms. The molecule has 1 aromatic rings. The first-order chi connectivity index (χ1) is 8.58. The van der Waals surface area contributed by atoms with Crippen LogP contribution in [0.2, 0.25) is 0 Å². The largest absolute Gasteiger partial charge is 0.396 e. The van der Waals surface area contributed by atoms with E-state index in [2.05, 4.69) is 15.7 Å². The molecule has 0 aromatic carbocycles. The van der Waals surface area contributed by atoms with Crippen LogP contribution in [0.25, 0.3) is 0 Å². The van der Waals surface area contributed by atoms with Crippen LogP contribution in [-0.2, 0) is 13.6 Å². The van der Waals surface area contributed by atoms with Crippen molar-refractivity contribution in [2.24, 2.45) is 7.05 Å². The van der Waals surface area contributed by atoms with Crippen LogP contribution in [0.1, 0.15) is 31.0 Å². The van der Waals surface area contributed by atoms with Gasteiger partial charge in [0.15, 0.2) is 0 Å². The molecule has 2 amide bonds. The zero-order valence-corrected chi connectivity index (χ0v) is 11.2. The predicted octanol–water partition coefficient (Wildman–Crippen LogP) is 0.689. The van der Waals surface area contributed by atoms with Gasteiger partial charge < -0.3 is 15.7 Å². The Hall–Kier alpha value is -1.56. The number of nitrogens with one attached hydrogen (secondary N) is 2. The summed E-state index contributed by atoms with van der Waals surface area (Å²) in [5.74, 6) is 0. The van der Waals surface area contributed by atoms with Crippen LogP contribution < -0.4 is 10.6 Å². The Kier molecular flexibility index (Phi) is 5.64. The lowest BCUT2D eigenvalue weighted by Gasteiger charge is -2.16. The summed E-state index contributed by atoms with van der Waals surface area (Å²) >= 11 is 0. The molecule has 0 bridgehead atoms. The summed E-state index contributed by atoms with van der Waals surface area (Å²) in [6.45, 7) is 4.48. The molecule has 0 saturated carbocycles. The smallest absolute Gasteiger partial charge is 0.315 e. The Labute approximate surface area is 107 Å².